The zero-order chi connectivity index (χ0) is 26.0. The van der Waals surface area contributed by atoms with E-state index in [1.165, 1.54) is 20.1 Å². The van der Waals surface area contributed by atoms with Crippen LogP contribution in [0.3, 0.4) is 0 Å². The lowest BCUT2D eigenvalue weighted by atomic mass is 9.90. The van der Waals surface area contributed by atoms with Crippen LogP contribution in [-0.2, 0) is 15.9 Å². The predicted octanol–water partition coefficient (Wildman–Crippen LogP) is 5.72. The SMILES string of the molecule is COCOC(=O)c1c(C)c(C)c(OC(=O)c2c(C)cc(O)c(C)c2C)c(CCC(F)(F)F)c1C. The molecular weight excluding hydrogens is 453 g/mol. The first kappa shape index (κ1) is 27.2. The highest BCUT2D eigenvalue weighted by Crippen LogP contribution is 2.37. The number of alkyl halides is 3. The van der Waals surface area contributed by atoms with E-state index in [9.17, 15) is 27.9 Å². The Hall–Kier alpha value is -3.07. The molecule has 0 aromatic heterocycles. The Balaban J connectivity index is 2.66. The summed E-state index contributed by atoms with van der Waals surface area (Å²) < 4.78 is 54.7. The molecule has 2 aromatic carbocycles. The number of ether oxygens (including phenoxy) is 3. The van der Waals surface area contributed by atoms with Gasteiger partial charge in [-0.2, -0.15) is 13.2 Å². The summed E-state index contributed by atoms with van der Waals surface area (Å²) in [6.07, 6.45) is -6.11. The van der Waals surface area contributed by atoms with Crippen LogP contribution in [-0.4, -0.2) is 37.1 Å². The first-order valence-corrected chi connectivity index (χ1v) is 10.6. The molecule has 1 N–H and O–H groups in total. The number of aryl methyl sites for hydroxylation is 1. The molecule has 9 heteroatoms. The van der Waals surface area contributed by atoms with Crippen molar-refractivity contribution in [3.05, 3.63) is 56.1 Å². The summed E-state index contributed by atoms with van der Waals surface area (Å²) in [6, 6.07) is 1.43. The van der Waals surface area contributed by atoms with E-state index in [1.54, 1.807) is 34.6 Å². The number of phenols is 1. The maximum absolute atomic E-state index is 13.2. The van der Waals surface area contributed by atoms with E-state index in [1.807, 2.05) is 0 Å². The van der Waals surface area contributed by atoms with Crippen molar-refractivity contribution in [2.75, 3.05) is 13.9 Å². The molecule has 0 saturated carbocycles. The maximum atomic E-state index is 13.2. The molecule has 0 spiro atoms. The second-order valence-corrected chi connectivity index (χ2v) is 8.24. The van der Waals surface area contributed by atoms with E-state index in [-0.39, 0.29) is 40.5 Å². The Morgan fingerprint density at radius 3 is 2.03 bits per heavy atom. The zero-order valence-corrected chi connectivity index (χ0v) is 20.3. The maximum Gasteiger partial charge on any atom is 0.389 e. The van der Waals surface area contributed by atoms with Gasteiger partial charge in [-0.05, 0) is 93.0 Å². The molecule has 34 heavy (non-hydrogen) atoms. The van der Waals surface area contributed by atoms with Crippen molar-refractivity contribution in [3.63, 3.8) is 0 Å². The number of benzene rings is 2. The molecule has 0 saturated heterocycles. The average molecular weight is 482 g/mol. The third kappa shape index (κ3) is 5.70. The summed E-state index contributed by atoms with van der Waals surface area (Å²) in [5, 5.41) is 10.0. The monoisotopic (exact) mass is 482 g/mol. The van der Waals surface area contributed by atoms with Gasteiger partial charge in [0.05, 0.1) is 11.1 Å². The van der Waals surface area contributed by atoms with Crippen molar-refractivity contribution in [1.82, 2.24) is 0 Å². The Labute approximate surface area is 196 Å². The second-order valence-electron chi connectivity index (χ2n) is 8.24. The molecule has 0 unspecified atom stereocenters. The molecule has 2 rings (SSSR count). The predicted molar refractivity (Wildman–Crippen MR) is 120 cm³/mol. The third-order valence-corrected chi connectivity index (χ3v) is 6.02. The van der Waals surface area contributed by atoms with Crippen LogP contribution in [0.5, 0.6) is 11.5 Å². The van der Waals surface area contributed by atoms with Gasteiger partial charge in [0.15, 0.2) is 6.79 Å². The fourth-order valence-corrected chi connectivity index (χ4v) is 3.90. The van der Waals surface area contributed by atoms with Crippen LogP contribution in [0.25, 0.3) is 0 Å². The van der Waals surface area contributed by atoms with Crippen molar-refractivity contribution in [2.45, 2.75) is 60.6 Å². The van der Waals surface area contributed by atoms with Gasteiger partial charge >= 0.3 is 18.1 Å². The summed E-state index contributed by atoms with van der Waals surface area (Å²) in [5.74, 6) is -1.49. The molecule has 2 aromatic rings. The average Bonchev–Trinajstić information content (AvgIpc) is 2.73. The lowest BCUT2D eigenvalue weighted by Crippen LogP contribution is -2.19. The summed E-state index contributed by atoms with van der Waals surface area (Å²) in [7, 11) is 1.34. The van der Waals surface area contributed by atoms with Gasteiger partial charge in [0, 0.05) is 13.5 Å². The van der Waals surface area contributed by atoms with E-state index in [0.29, 0.717) is 27.8 Å². The standard InChI is InChI=1S/C25H29F3O6/c1-12-10-19(29)13(2)14(3)20(12)24(31)34-22-16(5)15(4)21(23(30)33-11-32-7)17(6)18(22)8-9-25(26,27)28/h10,29H,8-9,11H2,1-7H3. The quantitative estimate of drug-likeness (QED) is 0.309. The van der Waals surface area contributed by atoms with Crippen molar-refractivity contribution in [3.8, 4) is 11.5 Å². The molecule has 186 valence electrons. The lowest BCUT2D eigenvalue weighted by Gasteiger charge is -2.22. The Morgan fingerprint density at radius 2 is 1.47 bits per heavy atom. The Morgan fingerprint density at radius 1 is 0.882 bits per heavy atom. The zero-order valence-electron chi connectivity index (χ0n) is 20.3. The van der Waals surface area contributed by atoms with Crippen LogP contribution in [0.4, 0.5) is 13.2 Å². The van der Waals surface area contributed by atoms with Gasteiger partial charge in [-0.3, -0.25) is 0 Å². The van der Waals surface area contributed by atoms with Gasteiger partial charge < -0.3 is 19.3 Å². The van der Waals surface area contributed by atoms with Crippen LogP contribution in [0.2, 0.25) is 0 Å². The van der Waals surface area contributed by atoms with Crippen LogP contribution in [0.15, 0.2) is 6.07 Å². The number of carbonyl (C=O) groups excluding carboxylic acids is 2. The number of halogens is 3. The summed E-state index contributed by atoms with van der Waals surface area (Å²) >= 11 is 0. The van der Waals surface area contributed by atoms with Gasteiger partial charge in [0.2, 0.25) is 0 Å². The first-order chi connectivity index (χ1) is 15.7. The molecule has 0 radical (unpaired) electrons. The van der Waals surface area contributed by atoms with Crippen molar-refractivity contribution in [2.24, 2.45) is 0 Å². The smallest absolute Gasteiger partial charge is 0.389 e. The highest BCUT2D eigenvalue weighted by molar-refractivity contribution is 5.97. The van der Waals surface area contributed by atoms with Crippen molar-refractivity contribution >= 4 is 11.9 Å². The van der Waals surface area contributed by atoms with Crippen LogP contribution in [0, 0.1) is 41.5 Å². The second kappa shape index (κ2) is 10.5. The minimum absolute atomic E-state index is 0.0166. The minimum Gasteiger partial charge on any atom is -0.508 e. The number of hydrogen-bond donors (Lipinski definition) is 1. The summed E-state index contributed by atoms with van der Waals surface area (Å²) in [6.45, 7) is 9.30. The van der Waals surface area contributed by atoms with E-state index in [0.717, 1.165) is 0 Å². The largest absolute Gasteiger partial charge is 0.508 e. The van der Waals surface area contributed by atoms with Crippen LogP contribution >= 0.6 is 0 Å². The molecule has 0 fully saturated rings. The molecule has 0 atom stereocenters. The molecule has 0 aliphatic carbocycles. The van der Waals surface area contributed by atoms with E-state index in [2.05, 4.69) is 0 Å². The molecule has 0 bridgehead atoms. The van der Waals surface area contributed by atoms with E-state index in [4.69, 9.17) is 14.2 Å². The Kier molecular flexibility index (Phi) is 8.36. The highest BCUT2D eigenvalue weighted by Gasteiger charge is 2.31. The van der Waals surface area contributed by atoms with E-state index >= 15 is 0 Å². The molecular formula is C25H29F3O6. The summed E-state index contributed by atoms with van der Waals surface area (Å²) in [4.78, 5) is 25.8. The fourth-order valence-electron chi connectivity index (χ4n) is 3.90. The van der Waals surface area contributed by atoms with Gasteiger partial charge in [0.1, 0.15) is 11.5 Å². The number of carbonyl (C=O) groups is 2. The Bertz CT molecular complexity index is 1120. The lowest BCUT2D eigenvalue weighted by molar-refractivity contribution is -0.134. The third-order valence-electron chi connectivity index (χ3n) is 6.02. The number of rotatable bonds is 7. The van der Waals surface area contributed by atoms with Crippen molar-refractivity contribution < 1.29 is 42.1 Å². The van der Waals surface area contributed by atoms with Gasteiger partial charge in [-0.25, -0.2) is 9.59 Å². The van der Waals surface area contributed by atoms with Crippen LogP contribution in [0.1, 0.15) is 66.1 Å². The molecule has 0 aliphatic rings. The normalized spacial score (nSPS) is 11.5. The minimum atomic E-state index is -4.45. The van der Waals surface area contributed by atoms with Crippen LogP contribution < -0.4 is 4.74 Å². The van der Waals surface area contributed by atoms with Gasteiger partial charge in [-0.15, -0.1) is 0 Å². The number of phenolic OH excluding ortho intramolecular Hbond substituents is 1. The molecule has 0 aliphatic heterocycles. The topological polar surface area (TPSA) is 82.1 Å². The number of hydrogen-bond acceptors (Lipinski definition) is 6. The van der Waals surface area contributed by atoms with Gasteiger partial charge in [-0.1, -0.05) is 0 Å². The van der Waals surface area contributed by atoms with Crippen molar-refractivity contribution in [1.29, 1.82) is 0 Å². The number of methoxy groups -OCH3 is 1. The summed E-state index contributed by atoms with van der Waals surface area (Å²) in [5.41, 5.74) is 2.91. The first-order valence-electron chi connectivity index (χ1n) is 10.6. The molecule has 6 nitrogen and oxygen atoms in total. The molecule has 0 heterocycles. The highest BCUT2D eigenvalue weighted by atomic mass is 19.4. The fraction of sp³-hybridized carbons (Fsp3) is 0.440. The number of esters is 2. The van der Waals surface area contributed by atoms with E-state index < -0.39 is 31.0 Å². The number of aromatic hydroxyl groups is 1. The van der Waals surface area contributed by atoms with Gasteiger partial charge in [0.25, 0.3) is 0 Å². The molecule has 0 amide bonds.